The fourth-order valence-electron chi connectivity index (χ4n) is 0.433. The summed E-state index contributed by atoms with van der Waals surface area (Å²) in [6.07, 6.45) is 0. The molecule has 0 aliphatic heterocycles. The first-order chi connectivity index (χ1) is 6.40. The molecule has 0 radical (unpaired) electrons. The van der Waals surface area contributed by atoms with Crippen molar-refractivity contribution in [3.05, 3.63) is 0 Å². The van der Waals surface area contributed by atoms with Gasteiger partial charge in [-0.15, -0.1) is 0 Å². The minimum absolute atomic E-state index is 0.309. The number of rotatable bonds is 4. The zero-order chi connectivity index (χ0) is 12.5. The van der Waals surface area contributed by atoms with Gasteiger partial charge in [0.2, 0.25) is 0 Å². The second-order valence-electron chi connectivity index (χ2n) is 6.69. The molecule has 0 saturated heterocycles. The summed E-state index contributed by atoms with van der Waals surface area (Å²) in [6.45, 7) is 21.0. The maximum absolute atomic E-state index is 2.35. The Morgan fingerprint density at radius 3 is 1.40 bits per heavy atom. The highest BCUT2D eigenvalue weighted by Crippen LogP contribution is 2.52. The minimum Gasteiger partial charge on any atom is -0.0870 e. The van der Waals surface area contributed by atoms with Crippen molar-refractivity contribution in [3.8, 4) is 0 Å². The monoisotopic (exact) mass is 248 g/mol. The summed E-state index contributed by atoms with van der Waals surface area (Å²) < 4.78 is 0.664. The average molecular weight is 249 g/mol. The molecule has 0 fully saturated rings. The van der Waals surface area contributed by atoms with Crippen LogP contribution in [0.25, 0.3) is 0 Å². The van der Waals surface area contributed by atoms with Crippen LogP contribution < -0.4 is 0 Å². The Labute approximate surface area is 105 Å². The van der Waals surface area contributed by atoms with Crippen molar-refractivity contribution in [2.45, 2.75) is 71.8 Å². The van der Waals surface area contributed by atoms with Crippen LogP contribution in [-0.2, 0) is 0 Å². The summed E-state index contributed by atoms with van der Waals surface area (Å²) in [4.78, 5) is 0. The summed E-state index contributed by atoms with van der Waals surface area (Å²) in [6, 6.07) is 0. The lowest BCUT2D eigenvalue weighted by Gasteiger charge is -2.40. The van der Waals surface area contributed by atoms with Crippen LogP contribution in [0.4, 0.5) is 0 Å². The van der Waals surface area contributed by atoms with Crippen LogP contribution in [0.5, 0.6) is 0 Å². The molecule has 0 amide bonds. The molecular weight excluding hydrogens is 220 g/mol. The van der Waals surface area contributed by atoms with Gasteiger partial charge in [0.05, 0.1) is 0 Å². The molecule has 0 nitrogen and oxygen atoms in total. The molecule has 0 aromatic carbocycles. The van der Waals surface area contributed by atoms with Crippen molar-refractivity contribution >= 4 is 21.6 Å². The van der Waals surface area contributed by atoms with Gasteiger partial charge >= 0.3 is 0 Å². The summed E-state index contributed by atoms with van der Waals surface area (Å²) in [5.41, 5.74) is 0.345. The van der Waals surface area contributed by atoms with Gasteiger partial charge in [-0.1, -0.05) is 56.2 Å². The van der Waals surface area contributed by atoms with E-state index in [0.29, 0.717) is 20.8 Å². The zero-order valence-corrected chi connectivity index (χ0v) is 13.5. The normalized spacial score (nSPS) is 14.8. The van der Waals surface area contributed by atoms with E-state index in [-0.39, 0.29) is 0 Å². The molecule has 0 saturated carbocycles. The van der Waals surface area contributed by atoms with E-state index in [0.717, 1.165) is 0 Å². The second kappa shape index (κ2) is 4.91. The summed E-state index contributed by atoms with van der Waals surface area (Å²) in [5, 5.41) is 0. The third-order valence-electron chi connectivity index (χ3n) is 3.66. The summed E-state index contributed by atoms with van der Waals surface area (Å²) in [7, 11) is 4.07. The van der Waals surface area contributed by atoms with Gasteiger partial charge in [-0.3, -0.25) is 0 Å². The topological polar surface area (TPSA) is 0 Å². The maximum atomic E-state index is 2.35. The van der Waals surface area contributed by atoms with Crippen molar-refractivity contribution < 1.29 is 0 Å². The summed E-state index contributed by atoms with van der Waals surface area (Å²) in [5.74, 6) is 0.714. The predicted molar refractivity (Wildman–Crippen MR) is 77.6 cm³/mol. The van der Waals surface area contributed by atoms with Crippen molar-refractivity contribution in [1.82, 2.24) is 0 Å². The lowest BCUT2D eigenvalue weighted by Crippen LogP contribution is -2.33. The van der Waals surface area contributed by atoms with Gasteiger partial charge in [0.25, 0.3) is 0 Å². The van der Waals surface area contributed by atoms with E-state index in [2.05, 4.69) is 62.3 Å². The fraction of sp³-hybridized carbons (Fsp3) is 1.00. The Kier molecular flexibility index (Phi) is 5.14. The third kappa shape index (κ3) is 4.60. The van der Waals surface area contributed by atoms with Crippen LogP contribution >= 0.6 is 21.6 Å². The molecule has 0 aromatic rings. The van der Waals surface area contributed by atoms with E-state index in [1.165, 1.54) is 0 Å². The molecule has 0 aliphatic rings. The largest absolute Gasteiger partial charge is 0.0870 e. The first-order valence-electron chi connectivity index (χ1n) is 5.77. The van der Waals surface area contributed by atoms with Crippen LogP contribution in [0.1, 0.15) is 62.3 Å². The maximum Gasteiger partial charge on any atom is 0.0255 e. The lowest BCUT2D eigenvalue weighted by molar-refractivity contribution is 0.321. The molecule has 2 heteroatoms. The van der Waals surface area contributed by atoms with E-state index < -0.39 is 0 Å². The third-order valence-corrected chi connectivity index (χ3v) is 8.46. The van der Waals surface area contributed by atoms with Crippen LogP contribution in [0.2, 0.25) is 0 Å². The molecule has 0 heterocycles. The summed E-state index contributed by atoms with van der Waals surface area (Å²) >= 11 is 0. The van der Waals surface area contributed by atoms with Gasteiger partial charge in [0.1, 0.15) is 0 Å². The molecule has 0 aliphatic carbocycles. The molecular formula is C13H28S2. The minimum atomic E-state index is 0.309. The van der Waals surface area contributed by atoms with Gasteiger partial charge < -0.3 is 0 Å². The van der Waals surface area contributed by atoms with Crippen LogP contribution in [0.15, 0.2) is 0 Å². The molecule has 0 spiro atoms. The standard InChI is InChI=1S/C13H28S2/c1-10(2)12(6,7)14-15-13(8,9)11(3,4)5/h10H,1-9H3. The Morgan fingerprint density at radius 2 is 1.13 bits per heavy atom. The highest BCUT2D eigenvalue weighted by atomic mass is 33.1. The average Bonchev–Trinajstić information content (AvgIpc) is 1.99. The first-order valence-corrected chi connectivity index (χ1v) is 7.92. The van der Waals surface area contributed by atoms with E-state index in [1.54, 1.807) is 0 Å². The molecule has 0 N–H and O–H groups in total. The van der Waals surface area contributed by atoms with E-state index in [4.69, 9.17) is 0 Å². The predicted octanol–water partition coefficient (Wildman–Crippen LogP) is 5.63. The number of hydrogen-bond donors (Lipinski definition) is 0. The van der Waals surface area contributed by atoms with E-state index >= 15 is 0 Å². The smallest absolute Gasteiger partial charge is 0.0255 e. The Bertz CT molecular complexity index is 197. The highest BCUT2D eigenvalue weighted by Gasteiger charge is 2.36. The molecule has 0 rings (SSSR count). The Balaban J connectivity index is 4.40. The zero-order valence-electron chi connectivity index (χ0n) is 11.9. The molecule has 15 heavy (non-hydrogen) atoms. The van der Waals surface area contributed by atoms with Crippen LogP contribution in [0, 0.1) is 11.3 Å². The number of hydrogen-bond acceptors (Lipinski definition) is 2. The molecule has 0 atom stereocenters. The van der Waals surface area contributed by atoms with Crippen molar-refractivity contribution in [2.24, 2.45) is 11.3 Å². The Morgan fingerprint density at radius 1 is 0.733 bits per heavy atom. The van der Waals surface area contributed by atoms with Crippen molar-refractivity contribution in [1.29, 1.82) is 0 Å². The molecule has 0 bridgehead atoms. The van der Waals surface area contributed by atoms with Gasteiger partial charge in [0.15, 0.2) is 0 Å². The quantitative estimate of drug-likeness (QED) is 0.592. The second-order valence-corrected chi connectivity index (χ2v) is 10.1. The van der Waals surface area contributed by atoms with Crippen molar-refractivity contribution in [2.75, 3.05) is 0 Å². The SMILES string of the molecule is CC(C)C(C)(C)SSC(C)(C)C(C)(C)C. The Hall–Kier alpha value is 0.700. The first kappa shape index (κ1) is 15.7. The molecule has 0 aromatic heterocycles. The van der Waals surface area contributed by atoms with E-state index in [1.807, 2.05) is 21.6 Å². The fourth-order valence-corrected chi connectivity index (χ4v) is 3.90. The van der Waals surface area contributed by atoms with Gasteiger partial charge in [-0.25, -0.2) is 0 Å². The van der Waals surface area contributed by atoms with Gasteiger partial charge in [-0.05, 0) is 39.0 Å². The molecule has 0 unspecified atom stereocenters. The molecule has 92 valence electrons. The lowest BCUT2D eigenvalue weighted by atomic mass is 9.83. The van der Waals surface area contributed by atoms with Crippen LogP contribution in [0.3, 0.4) is 0 Å². The van der Waals surface area contributed by atoms with Crippen molar-refractivity contribution in [3.63, 3.8) is 0 Å². The van der Waals surface area contributed by atoms with Gasteiger partial charge in [0, 0.05) is 9.49 Å². The van der Waals surface area contributed by atoms with Crippen LogP contribution in [-0.4, -0.2) is 9.49 Å². The van der Waals surface area contributed by atoms with E-state index in [9.17, 15) is 0 Å². The van der Waals surface area contributed by atoms with Gasteiger partial charge in [-0.2, -0.15) is 0 Å². The highest BCUT2D eigenvalue weighted by molar-refractivity contribution is 8.77.